The fourth-order valence-corrected chi connectivity index (χ4v) is 2.18. The zero-order valence-corrected chi connectivity index (χ0v) is 13.7. The van der Waals surface area contributed by atoms with Gasteiger partial charge in [-0.2, -0.15) is 0 Å². The Balaban J connectivity index is 2.00. The molecule has 1 heterocycles. The summed E-state index contributed by atoms with van der Waals surface area (Å²) in [6, 6.07) is 7.35. The average Bonchev–Trinajstić information content (AvgIpc) is 2.95. The summed E-state index contributed by atoms with van der Waals surface area (Å²) in [6.07, 6.45) is 1.53. The Bertz CT molecular complexity index is 702. The second kappa shape index (κ2) is 7.73. The first-order valence-electron chi connectivity index (χ1n) is 7.05. The highest BCUT2D eigenvalue weighted by atomic mass is 35.5. The summed E-state index contributed by atoms with van der Waals surface area (Å²) in [5.74, 6) is -0.856. The number of rotatable bonds is 6. The molecule has 1 amide bonds. The van der Waals surface area contributed by atoms with Gasteiger partial charge in [0.15, 0.2) is 5.69 Å². The zero-order valence-electron chi connectivity index (χ0n) is 12.9. The molecule has 0 N–H and O–H groups in total. The van der Waals surface area contributed by atoms with Gasteiger partial charge in [-0.05, 0) is 24.6 Å². The molecular formula is C15H17ClN4O3. The predicted octanol–water partition coefficient (Wildman–Crippen LogP) is 1.61. The predicted molar refractivity (Wildman–Crippen MR) is 84.2 cm³/mol. The molecule has 0 atom stereocenters. The lowest BCUT2D eigenvalue weighted by atomic mass is 10.2. The minimum Gasteiger partial charge on any atom is -0.465 e. The molecule has 0 aliphatic carbocycles. The Hall–Kier alpha value is -2.41. The van der Waals surface area contributed by atoms with Crippen molar-refractivity contribution in [1.82, 2.24) is 19.9 Å². The molecule has 0 aliphatic rings. The number of hydrogen-bond acceptors (Lipinski definition) is 5. The van der Waals surface area contributed by atoms with Crippen LogP contribution in [0, 0.1) is 0 Å². The molecular weight excluding hydrogens is 320 g/mol. The summed E-state index contributed by atoms with van der Waals surface area (Å²) < 4.78 is 6.35. The summed E-state index contributed by atoms with van der Waals surface area (Å²) in [4.78, 5) is 24.8. The number of aromatic nitrogens is 3. The maximum absolute atomic E-state index is 12.2. The maximum Gasteiger partial charge on any atom is 0.325 e. The van der Waals surface area contributed by atoms with Crippen LogP contribution in [0.25, 0.3) is 0 Å². The number of carbonyl (C=O) groups is 2. The molecule has 1 aromatic heterocycles. The third kappa shape index (κ3) is 4.79. The lowest BCUT2D eigenvalue weighted by Gasteiger charge is -2.14. The molecule has 0 saturated carbocycles. The van der Waals surface area contributed by atoms with Gasteiger partial charge in [0.25, 0.3) is 5.91 Å². The van der Waals surface area contributed by atoms with E-state index in [1.165, 1.54) is 22.8 Å². The van der Waals surface area contributed by atoms with E-state index in [9.17, 15) is 9.59 Å². The Kier molecular flexibility index (Phi) is 5.70. The smallest absolute Gasteiger partial charge is 0.325 e. The SMILES string of the molecule is CCOC(=O)CN(C)C(=O)c1cn(Cc2cccc(Cl)c2)nn1. The molecule has 0 saturated heterocycles. The molecule has 7 nitrogen and oxygen atoms in total. The van der Waals surface area contributed by atoms with Crippen LogP contribution in [0.2, 0.25) is 5.02 Å². The molecule has 0 fully saturated rings. The zero-order chi connectivity index (χ0) is 16.8. The number of benzene rings is 1. The van der Waals surface area contributed by atoms with E-state index in [0.717, 1.165) is 5.56 Å². The van der Waals surface area contributed by atoms with E-state index in [0.29, 0.717) is 11.6 Å². The van der Waals surface area contributed by atoms with Crippen molar-refractivity contribution in [1.29, 1.82) is 0 Å². The van der Waals surface area contributed by atoms with Crippen LogP contribution in [0.4, 0.5) is 0 Å². The Morgan fingerprint density at radius 2 is 2.17 bits per heavy atom. The van der Waals surface area contributed by atoms with Crippen LogP contribution >= 0.6 is 11.6 Å². The standard InChI is InChI=1S/C15H17ClN4O3/c1-3-23-14(21)10-19(2)15(22)13-9-20(18-17-13)8-11-5-4-6-12(16)7-11/h4-7,9H,3,8,10H2,1-2H3. The van der Waals surface area contributed by atoms with E-state index < -0.39 is 11.9 Å². The molecule has 1 aromatic carbocycles. The number of halogens is 1. The van der Waals surface area contributed by atoms with Crippen molar-refractivity contribution in [3.63, 3.8) is 0 Å². The van der Waals surface area contributed by atoms with E-state index in [1.54, 1.807) is 13.0 Å². The van der Waals surface area contributed by atoms with Crippen LogP contribution in [-0.4, -0.2) is 52.0 Å². The van der Waals surface area contributed by atoms with Crippen LogP contribution in [0.15, 0.2) is 30.5 Å². The highest BCUT2D eigenvalue weighted by molar-refractivity contribution is 6.30. The molecule has 0 unspecified atom stereocenters. The van der Waals surface area contributed by atoms with E-state index in [1.807, 2.05) is 18.2 Å². The van der Waals surface area contributed by atoms with Crippen molar-refractivity contribution in [2.24, 2.45) is 0 Å². The number of likely N-dealkylation sites (N-methyl/N-ethyl adjacent to an activating group) is 1. The van der Waals surface area contributed by atoms with E-state index in [-0.39, 0.29) is 18.8 Å². The van der Waals surface area contributed by atoms with Crippen molar-refractivity contribution in [3.05, 3.63) is 46.7 Å². The van der Waals surface area contributed by atoms with Gasteiger partial charge >= 0.3 is 5.97 Å². The van der Waals surface area contributed by atoms with Crippen LogP contribution in [0.3, 0.4) is 0 Å². The van der Waals surface area contributed by atoms with Crippen LogP contribution < -0.4 is 0 Å². The summed E-state index contributed by atoms with van der Waals surface area (Å²) in [7, 11) is 1.51. The van der Waals surface area contributed by atoms with Crippen molar-refractivity contribution < 1.29 is 14.3 Å². The second-order valence-electron chi connectivity index (χ2n) is 4.90. The van der Waals surface area contributed by atoms with Gasteiger partial charge in [0, 0.05) is 12.1 Å². The van der Waals surface area contributed by atoms with Gasteiger partial charge in [-0.3, -0.25) is 9.59 Å². The molecule has 122 valence electrons. The van der Waals surface area contributed by atoms with E-state index in [4.69, 9.17) is 16.3 Å². The monoisotopic (exact) mass is 336 g/mol. The number of nitrogens with zero attached hydrogens (tertiary/aromatic N) is 4. The van der Waals surface area contributed by atoms with Crippen molar-refractivity contribution >= 4 is 23.5 Å². The minimum atomic E-state index is -0.463. The Morgan fingerprint density at radius 1 is 1.39 bits per heavy atom. The van der Waals surface area contributed by atoms with Gasteiger partial charge in [0.2, 0.25) is 0 Å². The van der Waals surface area contributed by atoms with Crippen molar-refractivity contribution in [2.45, 2.75) is 13.5 Å². The van der Waals surface area contributed by atoms with Crippen LogP contribution in [0.5, 0.6) is 0 Å². The Morgan fingerprint density at radius 3 is 2.87 bits per heavy atom. The number of esters is 1. The lowest BCUT2D eigenvalue weighted by Crippen LogP contribution is -2.33. The summed E-state index contributed by atoms with van der Waals surface area (Å²) in [6.45, 7) is 2.30. The molecule has 2 rings (SSSR count). The summed E-state index contributed by atoms with van der Waals surface area (Å²) >= 11 is 5.93. The van der Waals surface area contributed by atoms with Crippen LogP contribution in [-0.2, 0) is 16.1 Å². The molecule has 0 radical (unpaired) electrons. The highest BCUT2D eigenvalue weighted by Gasteiger charge is 2.18. The average molecular weight is 337 g/mol. The third-order valence-electron chi connectivity index (χ3n) is 3.01. The third-order valence-corrected chi connectivity index (χ3v) is 3.24. The first kappa shape index (κ1) is 17.0. The van der Waals surface area contributed by atoms with Gasteiger partial charge in [-0.1, -0.05) is 28.9 Å². The molecule has 0 bridgehead atoms. The quantitative estimate of drug-likeness (QED) is 0.749. The van der Waals surface area contributed by atoms with Gasteiger partial charge < -0.3 is 9.64 Å². The maximum atomic E-state index is 12.2. The van der Waals surface area contributed by atoms with E-state index in [2.05, 4.69) is 10.3 Å². The lowest BCUT2D eigenvalue weighted by molar-refractivity contribution is -0.143. The fourth-order valence-electron chi connectivity index (χ4n) is 1.96. The first-order valence-corrected chi connectivity index (χ1v) is 7.43. The van der Waals surface area contributed by atoms with Gasteiger partial charge in [-0.25, -0.2) is 4.68 Å². The van der Waals surface area contributed by atoms with E-state index >= 15 is 0 Å². The minimum absolute atomic E-state index is 0.131. The molecule has 2 aromatic rings. The molecule has 0 spiro atoms. The van der Waals surface area contributed by atoms with Crippen LogP contribution in [0.1, 0.15) is 23.0 Å². The number of carbonyl (C=O) groups excluding carboxylic acids is 2. The molecule has 23 heavy (non-hydrogen) atoms. The van der Waals surface area contributed by atoms with Gasteiger partial charge in [-0.15, -0.1) is 5.10 Å². The summed E-state index contributed by atoms with van der Waals surface area (Å²) in [5, 5.41) is 8.40. The number of ether oxygens (including phenoxy) is 1. The normalized spacial score (nSPS) is 10.4. The van der Waals surface area contributed by atoms with Crippen molar-refractivity contribution in [2.75, 3.05) is 20.2 Å². The number of hydrogen-bond donors (Lipinski definition) is 0. The number of amides is 1. The fraction of sp³-hybridized carbons (Fsp3) is 0.333. The highest BCUT2D eigenvalue weighted by Crippen LogP contribution is 2.11. The largest absolute Gasteiger partial charge is 0.465 e. The molecule has 8 heteroatoms. The first-order chi connectivity index (χ1) is 11.0. The topological polar surface area (TPSA) is 77.3 Å². The summed E-state index contributed by atoms with van der Waals surface area (Å²) in [5.41, 5.74) is 1.11. The van der Waals surface area contributed by atoms with Gasteiger partial charge in [0.05, 0.1) is 19.3 Å². The second-order valence-corrected chi connectivity index (χ2v) is 5.33. The van der Waals surface area contributed by atoms with Crippen molar-refractivity contribution in [3.8, 4) is 0 Å². The Labute approximate surface area is 138 Å². The molecule has 0 aliphatic heterocycles. The van der Waals surface area contributed by atoms with Gasteiger partial charge in [0.1, 0.15) is 6.54 Å².